The van der Waals surface area contributed by atoms with E-state index in [1.165, 1.54) is 5.56 Å². The molecule has 1 aromatic heterocycles. The number of hydrogen-bond donors (Lipinski definition) is 0. The number of nitrogens with zero attached hydrogens (tertiary/aromatic N) is 3. The Bertz CT molecular complexity index is 701. The van der Waals surface area contributed by atoms with Crippen LogP contribution in [0, 0.1) is 0 Å². The summed E-state index contributed by atoms with van der Waals surface area (Å²) < 4.78 is 12.0. The minimum Gasteiger partial charge on any atom is -0.378 e. The van der Waals surface area contributed by atoms with Crippen molar-refractivity contribution in [3.8, 4) is 0 Å². The lowest BCUT2D eigenvalue weighted by atomic mass is 9.93. The van der Waals surface area contributed by atoms with Crippen molar-refractivity contribution >= 4 is 5.82 Å². The van der Waals surface area contributed by atoms with Crippen LogP contribution in [0.15, 0.2) is 42.6 Å². The number of benzene rings is 1. The van der Waals surface area contributed by atoms with E-state index in [1.54, 1.807) is 0 Å². The van der Waals surface area contributed by atoms with Crippen molar-refractivity contribution in [2.75, 3.05) is 31.2 Å². The molecule has 2 aliphatic heterocycles. The molecule has 0 N–H and O–H groups in total. The van der Waals surface area contributed by atoms with Crippen LogP contribution in [0.4, 0.5) is 5.82 Å². The highest BCUT2D eigenvalue weighted by atomic mass is 16.6. The summed E-state index contributed by atoms with van der Waals surface area (Å²) in [5, 5.41) is 0. The van der Waals surface area contributed by atoms with Gasteiger partial charge in [-0.25, -0.2) is 9.97 Å². The normalized spacial score (nSPS) is 26.8. The Hall–Kier alpha value is -1.98. The van der Waals surface area contributed by atoms with Gasteiger partial charge in [-0.15, -0.1) is 0 Å². The van der Waals surface area contributed by atoms with Crippen LogP contribution >= 0.6 is 0 Å². The van der Waals surface area contributed by atoms with E-state index in [-0.39, 0.29) is 11.7 Å². The van der Waals surface area contributed by atoms with Crippen molar-refractivity contribution in [2.45, 2.75) is 37.9 Å². The van der Waals surface area contributed by atoms with Gasteiger partial charge in [-0.05, 0) is 31.4 Å². The zero-order valence-corrected chi connectivity index (χ0v) is 14.7. The van der Waals surface area contributed by atoms with E-state index in [9.17, 15) is 0 Å². The van der Waals surface area contributed by atoms with Crippen molar-refractivity contribution in [3.05, 3.63) is 54.0 Å². The number of anilines is 1. The summed E-state index contributed by atoms with van der Waals surface area (Å²) in [7, 11) is 0. The Morgan fingerprint density at radius 1 is 1.24 bits per heavy atom. The molecule has 3 heterocycles. The molecule has 0 amide bonds. The molecular weight excluding hydrogens is 314 g/mol. The zero-order valence-electron chi connectivity index (χ0n) is 14.7. The lowest BCUT2D eigenvalue weighted by molar-refractivity contribution is -0.160. The van der Waals surface area contributed by atoms with Crippen molar-refractivity contribution < 1.29 is 9.47 Å². The van der Waals surface area contributed by atoms with Gasteiger partial charge in [0, 0.05) is 25.8 Å². The quantitative estimate of drug-likeness (QED) is 0.860. The molecule has 2 aliphatic rings. The molecule has 0 aliphatic carbocycles. The lowest BCUT2D eigenvalue weighted by Crippen LogP contribution is -2.58. The lowest BCUT2D eigenvalue weighted by Gasteiger charge is -2.47. The van der Waals surface area contributed by atoms with Gasteiger partial charge in [-0.2, -0.15) is 0 Å². The summed E-state index contributed by atoms with van der Waals surface area (Å²) >= 11 is 0. The third-order valence-electron chi connectivity index (χ3n) is 4.91. The first-order chi connectivity index (χ1) is 12.2. The Labute approximate surface area is 149 Å². The van der Waals surface area contributed by atoms with E-state index >= 15 is 0 Å². The van der Waals surface area contributed by atoms with Crippen molar-refractivity contribution in [1.29, 1.82) is 0 Å². The van der Waals surface area contributed by atoms with Gasteiger partial charge >= 0.3 is 0 Å². The fraction of sp³-hybridized carbons (Fsp3) is 0.500. The average molecular weight is 339 g/mol. The second kappa shape index (κ2) is 7.10. The van der Waals surface area contributed by atoms with Crippen LogP contribution in [-0.4, -0.2) is 48.0 Å². The van der Waals surface area contributed by atoms with Gasteiger partial charge in [0.1, 0.15) is 17.2 Å². The van der Waals surface area contributed by atoms with Gasteiger partial charge in [0.25, 0.3) is 0 Å². The van der Waals surface area contributed by atoms with E-state index in [1.807, 2.05) is 18.3 Å². The van der Waals surface area contributed by atoms with Gasteiger partial charge in [0.05, 0.1) is 19.3 Å². The highest BCUT2D eigenvalue weighted by Crippen LogP contribution is 2.31. The molecule has 2 saturated heterocycles. The number of aromatic nitrogens is 2. The molecule has 5 heteroatoms. The molecule has 0 bridgehead atoms. The maximum atomic E-state index is 6.28. The monoisotopic (exact) mass is 339 g/mol. The molecule has 2 aromatic rings. The van der Waals surface area contributed by atoms with Crippen molar-refractivity contribution in [3.63, 3.8) is 0 Å². The molecule has 5 nitrogen and oxygen atoms in total. The zero-order chi connectivity index (χ0) is 17.1. The van der Waals surface area contributed by atoms with Crippen molar-refractivity contribution in [2.24, 2.45) is 0 Å². The molecular formula is C20H25N3O2. The van der Waals surface area contributed by atoms with Gasteiger partial charge in [0.15, 0.2) is 0 Å². The second-order valence-corrected chi connectivity index (χ2v) is 7.14. The SMILES string of the molecule is C[C@H]1CN(c2ccnc(Cc3ccccc3)n2)C[C@@]2(CCCOC2)O1. The van der Waals surface area contributed by atoms with Crippen LogP contribution in [0.2, 0.25) is 0 Å². The fourth-order valence-corrected chi connectivity index (χ4v) is 3.87. The summed E-state index contributed by atoms with van der Waals surface area (Å²) in [4.78, 5) is 11.6. The van der Waals surface area contributed by atoms with Gasteiger partial charge in [-0.3, -0.25) is 0 Å². The Morgan fingerprint density at radius 2 is 2.12 bits per heavy atom. The summed E-state index contributed by atoms with van der Waals surface area (Å²) in [5.41, 5.74) is 1.03. The van der Waals surface area contributed by atoms with Gasteiger partial charge < -0.3 is 14.4 Å². The van der Waals surface area contributed by atoms with Crippen LogP contribution in [0.1, 0.15) is 31.2 Å². The smallest absolute Gasteiger partial charge is 0.135 e. The predicted molar refractivity (Wildman–Crippen MR) is 96.8 cm³/mol. The maximum Gasteiger partial charge on any atom is 0.135 e. The predicted octanol–water partition coefficient (Wildman–Crippen LogP) is 2.84. The summed E-state index contributed by atoms with van der Waals surface area (Å²) in [6, 6.07) is 12.4. The molecule has 1 aromatic carbocycles. The standard InChI is InChI=1S/C20H25N3O2/c1-16-13-23(14-20(25-16)9-5-11-24-15-20)19-8-10-21-18(22-19)12-17-6-3-2-4-7-17/h2-4,6-8,10,16H,5,9,11-15H2,1H3/t16-,20+/m0/s1. The Kier molecular flexibility index (Phi) is 4.68. The molecule has 25 heavy (non-hydrogen) atoms. The van der Waals surface area contributed by atoms with E-state index < -0.39 is 0 Å². The summed E-state index contributed by atoms with van der Waals surface area (Å²) in [6.07, 6.45) is 4.90. The van der Waals surface area contributed by atoms with Crippen LogP contribution in [0.5, 0.6) is 0 Å². The Morgan fingerprint density at radius 3 is 2.92 bits per heavy atom. The van der Waals surface area contributed by atoms with Crippen molar-refractivity contribution in [1.82, 2.24) is 9.97 Å². The van der Waals surface area contributed by atoms with E-state index in [0.717, 1.165) is 50.6 Å². The molecule has 1 spiro atoms. The third-order valence-corrected chi connectivity index (χ3v) is 4.91. The maximum absolute atomic E-state index is 6.28. The summed E-state index contributed by atoms with van der Waals surface area (Å²) in [6.45, 7) is 5.33. The summed E-state index contributed by atoms with van der Waals surface area (Å²) in [5.74, 6) is 1.85. The second-order valence-electron chi connectivity index (χ2n) is 7.14. The fourth-order valence-electron chi connectivity index (χ4n) is 3.87. The molecule has 0 saturated carbocycles. The number of morpholine rings is 1. The molecule has 2 atom stereocenters. The average Bonchev–Trinajstić information content (AvgIpc) is 2.63. The van der Waals surface area contributed by atoms with Crippen LogP contribution in [0.3, 0.4) is 0 Å². The topological polar surface area (TPSA) is 47.5 Å². The minimum atomic E-state index is -0.194. The highest BCUT2D eigenvalue weighted by molar-refractivity contribution is 5.40. The Balaban J connectivity index is 1.53. The van der Waals surface area contributed by atoms with E-state index in [0.29, 0.717) is 6.61 Å². The first-order valence-electron chi connectivity index (χ1n) is 9.09. The highest BCUT2D eigenvalue weighted by Gasteiger charge is 2.41. The van der Waals surface area contributed by atoms with Crippen LogP contribution < -0.4 is 4.90 Å². The number of hydrogen-bond acceptors (Lipinski definition) is 5. The third kappa shape index (κ3) is 3.83. The largest absolute Gasteiger partial charge is 0.378 e. The minimum absolute atomic E-state index is 0.169. The molecule has 0 radical (unpaired) electrons. The van der Waals surface area contributed by atoms with E-state index in [4.69, 9.17) is 14.5 Å². The van der Waals surface area contributed by atoms with E-state index in [2.05, 4.69) is 41.1 Å². The molecule has 2 fully saturated rings. The number of ether oxygens (including phenoxy) is 2. The van der Waals surface area contributed by atoms with Gasteiger partial charge in [-0.1, -0.05) is 30.3 Å². The first kappa shape index (κ1) is 16.5. The molecule has 0 unspecified atom stereocenters. The van der Waals surface area contributed by atoms with Crippen LogP contribution in [-0.2, 0) is 15.9 Å². The van der Waals surface area contributed by atoms with Crippen LogP contribution in [0.25, 0.3) is 0 Å². The number of rotatable bonds is 3. The van der Waals surface area contributed by atoms with Gasteiger partial charge in [0.2, 0.25) is 0 Å². The molecule has 4 rings (SSSR count). The first-order valence-corrected chi connectivity index (χ1v) is 9.09. The molecule has 132 valence electrons.